The summed E-state index contributed by atoms with van der Waals surface area (Å²) in [6.45, 7) is 8.11. The molecule has 2 aromatic carbocycles. The Bertz CT molecular complexity index is 919. The van der Waals surface area contributed by atoms with Crippen molar-refractivity contribution >= 4 is 0 Å². The Morgan fingerprint density at radius 2 is 1.61 bits per heavy atom. The molecule has 1 saturated heterocycles. The minimum absolute atomic E-state index is 0.247. The Kier molecular flexibility index (Phi) is 7.27. The summed E-state index contributed by atoms with van der Waals surface area (Å²) >= 11 is 0. The van der Waals surface area contributed by atoms with Crippen LogP contribution in [0.1, 0.15) is 42.8 Å². The molecule has 3 aromatic rings. The molecular weight excluding hydrogens is 388 g/mol. The lowest BCUT2D eigenvalue weighted by Gasteiger charge is -2.38. The van der Waals surface area contributed by atoms with Crippen LogP contribution in [0.25, 0.3) is 0 Å². The molecule has 0 aliphatic carbocycles. The van der Waals surface area contributed by atoms with E-state index in [1.807, 2.05) is 16.8 Å². The second-order valence-corrected chi connectivity index (χ2v) is 8.14. The van der Waals surface area contributed by atoms with Crippen LogP contribution in [-0.2, 0) is 13.1 Å². The van der Waals surface area contributed by atoms with Crippen molar-refractivity contribution in [1.29, 1.82) is 0 Å². The molecule has 1 aliphatic rings. The molecule has 1 aromatic heterocycles. The number of ether oxygens (including phenoxy) is 1. The molecule has 1 atom stereocenters. The summed E-state index contributed by atoms with van der Waals surface area (Å²) in [6, 6.07) is 19.1. The number of methoxy groups -OCH3 is 1. The lowest BCUT2D eigenvalue weighted by molar-refractivity contribution is 0.0820. The molecule has 7 heteroatoms. The highest BCUT2D eigenvalue weighted by Gasteiger charge is 2.28. The predicted octanol–water partition coefficient (Wildman–Crippen LogP) is 3.39. The van der Waals surface area contributed by atoms with Crippen LogP contribution in [0.4, 0.5) is 0 Å². The molecule has 0 amide bonds. The van der Waals surface area contributed by atoms with E-state index in [1.165, 1.54) is 5.56 Å². The van der Waals surface area contributed by atoms with Crippen molar-refractivity contribution in [2.75, 3.05) is 33.3 Å². The fourth-order valence-electron chi connectivity index (χ4n) is 4.29. The predicted molar refractivity (Wildman–Crippen MR) is 121 cm³/mol. The second kappa shape index (κ2) is 10.5. The number of benzene rings is 2. The van der Waals surface area contributed by atoms with E-state index in [4.69, 9.17) is 4.74 Å². The van der Waals surface area contributed by atoms with Crippen molar-refractivity contribution < 1.29 is 4.74 Å². The first-order valence-electron chi connectivity index (χ1n) is 11.2. The van der Waals surface area contributed by atoms with Crippen LogP contribution in [0.5, 0.6) is 5.75 Å². The topological polar surface area (TPSA) is 59.3 Å². The fraction of sp³-hybridized carbons (Fsp3) is 0.458. The quantitative estimate of drug-likeness (QED) is 0.529. The third-order valence-electron chi connectivity index (χ3n) is 6.01. The Hall–Kier alpha value is -2.77. The number of aromatic nitrogens is 4. The standard InChI is InChI=1S/C24H32N6O/c1-3-7-23(29-16-14-28(15-17-29)18-20-8-5-4-6-9-20)24-25-26-27-30(24)19-21-10-12-22(31-2)13-11-21/h4-6,8-13,23H,3,7,14-19H2,1-2H3. The van der Waals surface area contributed by atoms with Gasteiger partial charge in [0.25, 0.3) is 0 Å². The van der Waals surface area contributed by atoms with Crippen LogP contribution >= 0.6 is 0 Å². The van der Waals surface area contributed by atoms with Crippen molar-refractivity contribution in [1.82, 2.24) is 30.0 Å². The minimum atomic E-state index is 0.247. The zero-order valence-electron chi connectivity index (χ0n) is 18.5. The van der Waals surface area contributed by atoms with E-state index < -0.39 is 0 Å². The van der Waals surface area contributed by atoms with Crippen LogP contribution in [0.2, 0.25) is 0 Å². The molecule has 0 radical (unpaired) electrons. The molecule has 1 unspecified atom stereocenters. The van der Waals surface area contributed by atoms with E-state index in [0.717, 1.165) is 62.7 Å². The molecule has 0 saturated carbocycles. The van der Waals surface area contributed by atoms with Gasteiger partial charge in [0, 0.05) is 32.7 Å². The molecule has 1 fully saturated rings. The number of piperazine rings is 1. The van der Waals surface area contributed by atoms with Crippen LogP contribution < -0.4 is 4.74 Å². The van der Waals surface area contributed by atoms with Gasteiger partial charge in [-0.25, -0.2) is 4.68 Å². The number of hydrogen-bond donors (Lipinski definition) is 0. The summed E-state index contributed by atoms with van der Waals surface area (Å²) in [5.74, 6) is 1.83. The van der Waals surface area contributed by atoms with Crippen molar-refractivity contribution in [3.63, 3.8) is 0 Å². The van der Waals surface area contributed by atoms with Gasteiger partial charge in [-0.3, -0.25) is 9.80 Å². The zero-order chi connectivity index (χ0) is 21.5. The minimum Gasteiger partial charge on any atom is -0.497 e. The van der Waals surface area contributed by atoms with Gasteiger partial charge in [-0.15, -0.1) is 5.10 Å². The van der Waals surface area contributed by atoms with Gasteiger partial charge in [-0.1, -0.05) is 55.8 Å². The van der Waals surface area contributed by atoms with Crippen LogP contribution in [0.3, 0.4) is 0 Å². The summed E-state index contributed by atoms with van der Waals surface area (Å²) in [4.78, 5) is 5.09. The number of tetrazole rings is 1. The monoisotopic (exact) mass is 420 g/mol. The highest BCUT2D eigenvalue weighted by molar-refractivity contribution is 5.27. The number of rotatable bonds is 9. The molecule has 7 nitrogen and oxygen atoms in total. The van der Waals surface area contributed by atoms with Gasteiger partial charge >= 0.3 is 0 Å². The van der Waals surface area contributed by atoms with Gasteiger partial charge in [0.15, 0.2) is 5.82 Å². The van der Waals surface area contributed by atoms with E-state index in [0.29, 0.717) is 6.54 Å². The first-order chi connectivity index (χ1) is 15.3. The molecule has 0 N–H and O–H groups in total. The molecule has 1 aliphatic heterocycles. The highest BCUT2D eigenvalue weighted by atomic mass is 16.5. The normalized spacial score (nSPS) is 16.3. The maximum Gasteiger partial charge on any atom is 0.168 e. The van der Waals surface area contributed by atoms with E-state index in [-0.39, 0.29) is 6.04 Å². The maximum absolute atomic E-state index is 5.27. The van der Waals surface area contributed by atoms with Crippen molar-refractivity contribution in [2.45, 2.75) is 38.9 Å². The first kappa shape index (κ1) is 21.5. The third kappa shape index (κ3) is 5.48. The largest absolute Gasteiger partial charge is 0.497 e. The van der Waals surface area contributed by atoms with E-state index in [2.05, 4.69) is 74.7 Å². The van der Waals surface area contributed by atoms with Crippen molar-refractivity contribution in [2.24, 2.45) is 0 Å². The van der Waals surface area contributed by atoms with Gasteiger partial charge in [-0.05, 0) is 40.1 Å². The Labute approximate surface area is 184 Å². The average Bonchev–Trinajstić information content (AvgIpc) is 3.27. The smallest absolute Gasteiger partial charge is 0.168 e. The lowest BCUT2D eigenvalue weighted by atomic mass is 10.1. The van der Waals surface area contributed by atoms with E-state index in [9.17, 15) is 0 Å². The van der Waals surface area contributed by atoms with Gasteiger partial charge in [0.2, 0.25) is 0 Å². The van der Waals surface area contributed by atoms with Crippen molar-refractivity contribution in [3.05, 3.63) is 71.5 Å². The summed E-state index contributed by atoms with van der Waals surface area (Å²) in [5, 5.41) is 12.8. The molecule has 2 heterocycles. The number of nitrogens with zero attached hydrogens (tertiary/aromatic N) is 6. The second-order valence-electron chi connectivity index (χ2n) is 8.14. The molecule has 31 heavy (non-hydrogen) atoms. The summed E-state index contributed by atoms with van der Waals surface area (Å²) in [6.07, 6.45) is 2.16. The SMILES string of the molecule is CCCC(c1nnnn1Cc1ccc(OC)cc1)N1CCN(Cc2ccccc2)CC1. The molecule has 4 rings (SSSR count). The van der Waals surface area contributed by atoms with E-state index in [1.54, 1.807) is 7.11 Å². The molecular formula is C24H32N6O. The molecule has 164 valence electrons. The van der Waals surface area contributed by atoms with Crippen LogP contribution in [0, 0.1) is 0 Å². The van der Waals surface area contributed by atoms with E-state index >= 15 is 0 Å². The summed E-state index contributed by atoms with van der Waals surface area (Å²) in [5.41, 5.74) is 2.54. The fourth-order valence-corrected chi connectivity index (χ4v) is 4.29. The van der Waals surface area contributed by atoms with Crippen LogP contribution in [0.15, 0.2) is 54.6 Å². The molecule has 0 spiro atoms. The lowest BCUT2D eigenvalue weighted by Crippen LogP contribution is -2.47. The van der Waals surface area contributed by atoms with Gasteiger partial charge in [0.1, 0.15) is 5.75 Å². The highest BCUT2D eigenvalue weighted by Crippen LogP contribution is 2.26. The van der Waals surface area contributed by atoms with Gasteiger partial charge in [-0.2, -0.15) is 0 Å². The summed E-state index contributed by atoms with van der Waals surface area (Å²) < 4.78 is 7.22. The maximum atomic E-state index is 5.27. The summed E-state index contributed by atoms with van der Waals surface area (Å²) in [7, 11) is 1.68. The first-order valence-corrected chi connectivity index (χ1v) is 11.2. The Morgan fingerprint density at radius 3 is 2.29 bits per heavy atom. The van der Waals surface area contributed by atoms with Crippen molar-refractivity contribution in [3.8, 4) is 5.75 Å². The number of hydrogen-bond acceptors (Lipinski definition) is 6. The van der Waals surface area contributed by atoms with Crippen LogP contribution in [-0.4, -0.2) is 63.3 Å². The van der Waals surface area contributed by atoms with Gasteiger partial charge < -0.3 is 4.74 Å². The Balaban J connectivity index is 1.42. The van der Waals surface area contributed by atoms with Gasteiger partial charge in [0.05, 0.1) is 19.7 Å². The third-order valence-corrected chi connectivity index (χ3v) is 6.01. The zero-order valence-corrected chi connectivity index (χ0v) is 18.5. The average molecular weight is 421 g/mol. The molecule has 0 bridgehead atoms. The Morgan fingerprint density at radius 1 is 0.903 bits per heavy atom.